The van der Waals surface area contributed by atoms with Crippen LogP contribution in [-0.4, -0.2) is 9.97 Å². The van der Waals surface area contributed by atoms with Gasteiger partial charge < -0.3 is 10.6 Å². The standard InChI is InChI=1S/C24H17ClFN5/c25-19-7-6-16(9-20(19)26)30-24-15(11-27)12-28-22-13-29-23(10-18(22)24)31-21-8-5-14-3-1-2-4-17(14)21/h1-4,6-7,9-10,12-13,21H,5,8H2,(H,28,30)(H,29,31)/t21-/m0/s1. The molecule has 2 aromatic heterocycles. The van der Waals surface area contributed by atoms with Crippen LogP contribution in [0.3, 0.4) is 0 Å². The van der Waals surface area contributed by atoms with Gasteiger partial charge >= 0.3 is 0 Å². The summed E-state index contributed by atoms with van der Waals surface area (Å²) in [6.45, 7) is 0. The molecule has 0 bridgehead atoms. The lowest BCUT2D eigenvalue weighted by atomic mass is 10.1. The minimum atomic E-state index is -0.535. The van der Waals surface area contributed by atoms with E-state index in [0.717, 1.165) is 18.2 Å². The van der Waals surface area contributed by atoms with Crippen LogP contribution in [0.4, 0.5) is 21.6 Å². The molecule has 5 nitrogen and oxygen atoms in total. The molecule has 0 amide bonds. The SMILES string of the molecule is N#Cc1cnc2cnc(N[C@H]3CCc4ccccc43)cc2c1Nc1ccc(Cl)c(F)c1. The van der Waals surface area contributed by atoms with Gasteiger partial charge in [0.15, 0.2) is 0 Å². The molecule has 0 unspecified atom stereocenters. The van der Waals surface area contributed by atoms with E-state index in [0.29, 0.717) is 28.3 Å². The van der Waals surface area contributed by atoms with E-state index in [9.17, 15) is 9.65 Å². The summed E-state index contributed by atoms with van der Waals surface area (Å²) in [5.41, 5.74) is 4.65. The van der Waals surface area contributed by atoms with E-state index in [1.165, 1.54) is 29.5 Å². The van der Waals surface area contributed by atoms with Gasteiger partial charge in [-0.2, -0.15) is 5.26 Å². The van der Waals surface area contributed by atoms with Crippen molar-refractivity contribution in [1.29, 1.82) is 5.26 Å². The first-order valence-electron chi connectivity index (χ1n) is 9.87. The highest BCUT2D eigenvalue weighted by Crippen LogP contribution is 2.35. The summed E-state index contributed by atoms with van der Waals surface area (Å²) >= 11 is 5.79. The molecule has 4 aromatic rings. The van der Waals surface area contributed by atoms with Crippen molar-refractivity contribution in [2.75, 3.05) is 10.6 Å². The lowest BCUT2D eigenvalue weighted by Crippen LogP contribution is -2.08. The van der Waals surface area contributed by atoms with E-state index in [2.05, 4.69) is 44.9 Å². The second-order valence-electron chi connectivity index (χ2n) is 7.43. The molecule has 0 spiro atoms. The van der Waals surface area contributed by atoms with Crippen LogP contribution in [0.5, 0.6) is 0 Å². The first-order chi connectivity index (χ1) is 15.1. The maximum atomic E-state index is 13.9. The number of anilines is 3. The second-order valence-corrected chi connectivity index (χ2v) is 7.84. The molecule has 2 N–H and O–H groups in total. The van der Waals surface area contributed by atoms with Gasteiger partial charge in [0.25, 0.3) is 0 Å². The average molecular weight is 430 g/mol. The van der Waals surface area contributed by atoms with Crippen LogP contribution in [-0.2, 0) is 6.42 Å². The maximum Gasteiger partial charge on any atom is 0.143 e. The summed E-state index contributed by atoms with van der Waals surface area (Å²) in [5, 5.41) is 17.0. The first kappa shape index (κ1) is 19.3. The Hall–Kier alpha value is -3.69. The highest BCUT2D eigenvalue weighted by atomic mass is 35.5. The maximum absolute atomic E-state index is 13.9. The van der Waals surface area contributed by atoms with E-state index in [4.69, 9.17) is 11.6 Å². The summed E-state index contributed by atoms with van der Waals surface area (Å²) in [7, 11) is 0. The van der Waals surface area contributed by atoms with Crippen molar-refractivity contribution in [3.63, 3.8) is 0 Å². The molecule has 1 aliphatic rings. The van der Waals surface area contributed by atoms with Crippen molar-refractivity contribution in [2.45, 2.75) is 18.9 Å². The Morgan fingerprint density at radius 1 is 1.10 bits per heavy atom. The van der Waals surface area contributed by atoms with Crippen LogP contribution in [0.15, 0.2) is 60.9 Å². The van der Waals surface area contributed by atoms with Crippen LogP contribution < -0.4 is 10.6 Å². The van der Waals surface area contributed by atoms with E-state index in [1.54, 1.807) is 12.3 Å². The number of benzene rings is 2. The number of hydrogen-bond acceptors (Lipinski definition) is 5. The van der Waals surface area contributed by atoms with Gasteiger partial charge in [-0.3, -0.25) is 4.98 Å². The number of nitriles is 1. The fourth-order valence-corrected chi connectivity index (χ4v) is 4.11. The molecule has 1 atom stereocenters. The number of pyridine rings is 2. The Morgan fingerprint density at radius 2 is 1.97 bits per heavy atom. The van der Waals surface area contributed by atoms with Crippen LogP contribution in [0.1, 0.15) is 29.2 Å². The fraction of sp³-hybridized carbons (Fsp3) is 0.125. The molecular weight excluding hydrogens is 413 g/mol. The smallest absolute Gasteiger partial charge is 0.143 e. The van der Waals surface area contributed by atoms with Crippen molar-refractivity contribution in [3.8, 4) is 6.07 Å². The predicted molar refractivity (Wildman–Crippen MR) is 120 cm³/mol. The van der Waals surface area contributed by atoms with Crippen molar-refractivity contribution < 1.29 is 4.39 Å². The zero-order valence-corrected chi connectivity index (χ0v) is 17.1. The van der Waals surface area contributed by atoms with Crippen molar-refractivity contribution >= 4 is 39.7 Å². The molecule has 5 rings (SSSR count). The quantitative estimate of drug-likeness (QED) is 0.407. The molecule has 0 radical (unpaired) electrons. The first-order valence-corrected chi connectivity index (χ1v) is 10.3. The number of aryl methyl sites for hydroxylation is 1. The van der Waals surface area contributed by atoms with Crippen LogP contribution in [0.25, 0.3) is 10.9 Å². The summed E-state index contributed by atoms with van der Waals surface area (Å²) < 4.78 is 13.9. The third-order valence-corrected chi connectivity index (χ3v) is 5.83. The summed E-state index contributed by atoms with van der Waals surface area (Å²) in [4.78, 5) is 8.86. The van der Waals surface area contributed by atoms with Gasteiger partial charge in [-0.05, 0) is 48.2 Å². The normalized spacial score (nSPS) is 14.8. The topological polar surface area (TPSA) is 73.6 Å². The fourth-order valence-electron chi connectivity index (χ4n) is 4.00. The van der Waals surface area contributed by atoms with Gasteiger partial charge in [-0.15, -0.1) is 0 Å². The van der Waals surface area contributed by atoms with Gasteiger partial charge in [0.1, 0.15) is 17.7 Å². The Labute approximate surface area is 183 Å². The molecule has 1 aliphatic carbocycles. The van der Waals surface area contributed by atoms with E-state index < -0.39 is 5.82 Å². The molecule has 0 aliphatic heterocycles. The number of fused-ring (bicyclic) bond motifs is 2. The number of nitrogens with zero attached hydrogens (tertiary/aromatic N) is 3. The molecule has 7 heteroatoms. The number of rotatable bonds is 4. The van der Waals surface area contributed by atoms with Crippen LogP contribution >= 0.6 is 11.6 Å². The van der Waals surface area contributed by atoms with Crippen molar-refractivity contribution in [2.24, 2.45) is 0 Å². The minimum absolute atomic E-state index is 0.0400. The molecule has 2 aromatic carbocycles. The Morgan fingerprint density at radius 3 is 2.81 bits per heavy atom. The zero-order valence-electron chi connectivity index (χ0n) is 16.4. The van der Waals surface area contributed by atoms with Crippen LogP contribution in [0.2, 0.25) is 5.02 Å². The van der Waals surface area contributed by atoms with Gasteiger partial charge in [0.2, 0.25) is 0 Å². The minimum Gasteiger partial charge on any atom is -0.363 e. The van der Waals surface area contributed by atoms with Gasteiger partial charge in [-0.1, -0.05) is 35.9 Å². The number of nitrogens with one attached hydrogen (secondary N) is 2. The molecule has 152 valence electrons. The highest BCUT2D eigenvalue weighted by molar-refractivity contribution is 6.30. The Balaban J connectivity index is 1.53. The lowest BCUT2D eigenvalue weighted by Gasteiger charge is -2.16. The largest absolute Gasteiger partial charge is 0.363 e. The molecule has 0 fully saturated rings. The molecule has 0 saturated heterocycles. The second kappa shape index (κ2) is 7.86. The molecule has 0 saturated carbocycles. The van der Waals surface area contributed by atoms with Gasteiger partial charge in [0, 0.05) is 17.3 Å². The molecular formula is C24H17ClFN5. The van der Waals surface area contributed by atoms with E-state index in [-0.39, 0.29) is 11.1 Å². The Bertz CT molecular complexity index is 1350. The number of hydrogen-bond donors (Lipinski definition) is 2. The van der Waals surface area contributed by atoms with Crippen molar-refractivity contribution in [3.05, 3.63) is 88.5 Å². The highest BCUT2D eigenvalue weighted by Gasteiger charge is 2.22. The van der Waals surface area contributed by atoms with Gasteiger partial charge in [-0.25, -0.2) is 9.37 Å². The van der Waals surface area contributed by atoms with Gasteiger partial charge in [0.05, 0.1) is 34.0 Å². The third-order valence-electron chi connectivity index (χ3n) is 5.52. The predicted octanol–water partition coefficient (Wildman–Crippen LogP) is 6.14. The summed E-state index contributed by atoms with van der Waals surface area (Å²) in [5.74, 6) is 0.156. The summed E-state index contributed by atoms with van der Waals surface area (Å²) in [6, 6.07) is 17.0. The Kier molecular flexibility index (Phi) is 4.89. The average Bonchev–Trinajstić information content (AvgIpc) is 3.19. The molecule has 2 heterocycles. The summed E-state index contributed by atoms with van der Waals surface area (Å²) in [6.07, 6.45) is 5.17. The van der Waals surface area contributed by atoms with Crippen molar-refractivity contribution in [1.82, 2.24) is 9.97 Å². The number of aromatic nitrogens is 2. The molecule has 31 heavy (non-hydrogen) atoms. The van der Waals surface area contributed by atoms with E-state index in [1.807, 2.05) is 12.1 Å². The van der Waals surface area contributed by atoms with Crippen LogP contribution in [0, 0.1) is 17.1 Å². The number of halogens is 2. The lowest BCUT2D eigenvalue weighted by molar-refractivity contribution is 0.629. The zero-order chi connectivity index (χ0) is 21.4. The monoisotopic (exact) mass is 429 g/mol. The third kappa shape index (κ3) is 3.65. The van der Waals surface area contributed by atoms with E-state index >= 15 is 0 Å².